The van der Waals surface area contributed by atoms with Crippen molar-refractivity contribution < 1.29 is 28.5 Å². The van der Waals surface area contributed by atoms with Crippen LogP contribution in [0.25, 0.3) is 0 Å². The first-order valence-corrected chi connectivity index (χ1v) is 15.0. The number of piperazine rings is 1. The summed E-state index contributed by atoms with van der Waals surface area (Å²) >= 11 is 0. The molecule has 1 amide bonds. The average molecular weight is 563 g/mol. The molecule has 8 heteroatoms. The van der Waals surface area contributed by atoms with Gasteiger partial charge in [0.1, 0.15) is 12.4 Å². The molecule has 3 atom stereocenters. The van der Waals surface area contributed by atoms with Gasteiger partial charge in [-0.05, 0) is 92.3 Å². The van der Waals surface area contributed by atoms with E-state index in [1.807, 2.05) is 35.2 Å². The van der Waals surface area contributed by atoms with E-state index in [2.05, 4.69) is 24.1 Å². The lowest BCUT2D eigenvalue weighted by molar-refractivity contribution is -0.177. The lowest BCUT2D eigenvalue weighted by Gasteiger charge is -2.59. The highest BCUT2D eigenvalue weighted by Crippen LogP contribution is 2.66. The summed E-state index contributed by atoms with van der Waals surface area (Å²) < 4.78 is 22.8. The Morgan fingerprint density at radius 3 is 2.22 bits per heavy atom. The standard InChI is InChI=1S/C33H42N2O6/c1-34-10-12-35(13-11-34)30(36)21-40-27-7-5-25(6-8-27)31-26-15-23-14-24(16-26)19-33(31,18-23)32(37)41-20-22-4-9-28(38-2)29(17-22)39-3/h4-9,17,23-24,26,31H,10-16,18-21H2,1-3H3. The number of benzene rings is 2. The van der Waals surface area contributed by atoms with Gasteiger partial charge < -0.3 is 28.7 Å². The molecule has 7 rings (SSSR count). The molecule has 0 aromatic heterocycles. The number of carbonyl (C=O) groups excluding carboxylic acids is 2. The van der Waals surface area contributed by atoms with Crippen LogP contribution >= 0.6 is 0 Å². The summed E-state index contributed by atoms with van der Waals surface area (Å²) in [7, 11) is 5.29. The molecule has 41 heavy (non-hydrogen) atoms. The maximum Gasteiger partial charge on any atom is 0.313 e. The molecule has 1 heterocycles. The third-order valence-electron chi connectivity index (χ3n) is 9.99. The van der Waals surface area contributed by atoms with Crippen molar-refractivity contribution in [3.05, 3.63) is 53.6 Å². The van der Waals surface area contributed by atoms with Crippen molar-refractivity contribution >= 4 is 11.9 Å². The van der Waals surface area contributed by atoms with Crippen LogP contribution in [0, 0.1) is 23.2 Å². The van der Waals surface area contributed by atoms with Gasteiger partial charge in [0.15, 0.2) is 18.1 Å². The predicted molar refractivity (Wildman–Crippen MR) is 154 cm³/mol. The van der Waals surface area contributed by atoms with Gasteiger partial charge in [-0.15, -0.1) is 0 Å². The number of amides is 1. The Morgan fingerprint density at radius 2 is 1.56 bits per heavy atom. The summed E-state index contributed by atoms with van der Waals surface area (Å²) in [6.07, 6.45) is 5.40. The summed E-state index contributed by atoms with van der Waals surface area (Å²) in [5.74, 6) is 3.73. The predicted octanol–water partition coefficient (Wildman–Crippen LogP) is 4.51. The number of hydrogen-bond acceptors (Lipinski definition) is 7. The molecular weight excluding hydrogens is 520 g/mol. The molecule has 0 spiro atoms. The molecule has 5 aliphatic rings. The number of nitrogens with zero attached hydrogens (tertiary/aromatic N) is 2. The highest BCUT2D eigenvalue weighted by molar-refractivity contribution is 5.79. The lowest BCUT2D eigenvalue weighted by Crippen LogP contribution is -2.55. The summed E-state index contributed by atoms with van der Waals surface area (Å²) in [6, 6.07) is 13.8. The van der Waals surface area contributed by atoms with E-state index in [0.29, 0.717) is 35.0 Å². The molecule has 0 radical (unpaired) electrons. The van der Waals surface area contributed by atoms with E-state index in [9.17, 15) is 9.59 Å². The summed E-state index contributed by atoms with van der Waals surface area (Å²) in [6.45, 7) is 3.53. The first-order chi connectivity index (χ1) is 19.9. The van der Waals surface area contributed by atoms with Gasteiger partial charge in [0.2, 0.25) is 0 Å². The van der Waals surface area contributed by atoms with Crippen LogP contribution in [0.1, 0.15) is 49.1 Å². The summed E-state index contributed by atoms with van der Waals surface area (Å²) in [4.78, 5) is 30.7. The fourth-order valence-electron chi connectivity index (χ4n) is 8.25. The van der Waals surface area contributed by atoms with Crippen LogP contribution in [0.4, 0.5) is 0 Å². The minimum Gasteiger partial charge on any atom is -0.493 e. The van der Waals surface area contributed by atoms with Crippen molar-refractivity contribution in [2.75, 3.05) is 54.1 Å². The molecule has 8 nitrogen and oxygen atoms in total. The zero-order valence-electron chi connectivity index (χ0n) is 24.5. The Bertz CT molecular complexity index is 1240. The van der Waals surface area contributed by atoms with Crippen molar-refractivity contribution in [2.45, 2.75) is 44.6 Å². The van der Waals surface area contributed by atoms with Crippen LogP contribution in [-0.4, -0.2) is 75.7 Å². The monoisotopic (exact) mass is 562 g/mol. The molecular formula is C33H42N2O6. The van der Waals surface area contributed by atoms with Gasteiger partial charge in [-0.1, -0.05) is 18.2 Å². The Kier molecular flexibility index (Phi) is 7.86. The van der Waals surface area contributed by atoms with Crippen LogP contribution < -0.4 is 14.2 Å². The third-order valence-corrected chi connectivity index (χ3v) is 9.99. The van der Waals surface area contributed by atoms with Gasteiger partial charge in [-0.2, -0.15) is 0 Å². The number of hydrogen-bond donors (Lipinski definition) is 0. The maximum absolute atomic E-state index is 14.0. The fourth-order valence-corrected chi connectivity index (χ4v) is 8.25. The highest BCUT2D eigenvalue weighted by atomic mass is 16.5. The molecule has 4 bridgehead atoms. The molecule has 220 valence electrons. The second kappa shape index (κ2) is 11.6. The average Bonchev–Trinajstić information content (AvgIpc) is 2.98. The highest BCUT2D eigenvalue weighted by Gasteiger charge is 2.61. The van der Waals surface area contributed by atoms with E-state index >= 15 is 0 Å². The van der Waals surface area contributed by atoms with Gasteiger partial charge in [0.25, 0.3) is 5.91 Å². The van der Waals surface area contributed by atoms with E-state index < -0.39 is 5.41 Å². The second-order valence-electron chi connectivity index (χ2n) is 12.5. The molecule has 4 saturated carbocycles. The van der Waals surface area contributed by atoms with Gasteiger partial charge >= 0.3 is 5.97 Å². The van der Waals surface area contributed by atoms with E-state index in [0.717, 1.165) is 44.6 Å². The van der Waals surface area contributed by atoms with Gasteiger partial charge in [-0.25, -0.2) is 0 Å². The first kappa shape index (κ1) is 27.9. The van der Waals surface area contributed by atoms with Crippen molar-refractivity contribution in [2.24, 2.45) is 23.2 Å². The Morgan fingerprint density at radius 1 is 0.878 bits per heavy atom. The van der Waals surface area contributed by atoms with E-state index in [-0.39, 0.29) is 31.0 Å². The maximum atomic E-state index is 14.0. The second-order valence-corrected chi connectivity index (χ2v) is 12.5. The Labute approximate surface area is 242 Å². The minimum absolute atomic E-state index is 0.0272. The van der Waals surface area contributed by atoms with Crippen molar-refractivity contribution in [1.29, 1.82) is 0 Å². The van der Waals surface area contributed by atoms with Crippen LogP contribution in [-0.2, 0) is 20.9 Å². The molecule has 1 saturated heterocycles. The number of rotatable bonds is 9. The van der Waals surface area contributed by atoms with Crippen LogP contribution in [0.15, 0.2) is 42.5 Å². The van der Waals surface area contributed by atoms with Gasteiger partial charge in [0, 0.05) is 32.1 Å². The SMILES string of the molecule is COc1ccc(COC(=O)C23CC4CC(CC(C4)C2c2ccc(OCC(=O)N4CCN(C)CC4)cc2)C3)cc1OC. The first-order valence-electron chi connectivity index (χ1n) is 15.0. The number of likely N-dealkylation sites (N-methyl/N-ethyl adjacent to an activating group) is 1. The normalized spacial score (nSPS) is 28.8. The Hall–Kier alpha value is -3.26. The molecule has 1 aliphatic heterocycles. The van der Waals surface area contributed by atoms with E-state index in [1.54, 1.807) is 14.2 Å². The zero-order chi connectivity index (χ0) is 28.6. The quantitative estimate of drug-likeness (QED) is 0.416. The minimum atomic E-state index is -0.495. The number of methoxy groups -OCH3 is 2. The van der Waals surface area contributed by atoms with Crippen molar-refractivity contribution in [1.82, 2.24) is 9.80 Å². The van der Waals surface area contributed by atoms with Crippen molar-refractivity contribution in [3.63, 3.8) is 0 Å². The Balaban J connectivity index is 1.15. The number of ether oxygens (including phenoxy) is 4. The third kappa shape index (κ3) is 5.51. The molecule has 2 aromatic carbocycles. The molecule has 3 unspecified atom stereocenters. The number of carbonyl (C=O) groups is 2. The zero-order valence-corrected chi connectivity index (χ0v) is 24.5. The topological polar surface area (TPSA) is 77.5 Å². The molecule has 0 N–H and O–H groups in total. The molecule has 5 fully saturated rings. The van der Waals surface area contributed by atoms with E-state index in [4.69, 9.17) is 18.9 Å². The van der Waals surface area contributed by atoms with Gasteiger partial charge in [-0.3, -0.25) is 9.59 Å². The smallest absolute Gasteiger partial charge is 0.313 e. The summed E-state index contributed by atoms with van der Waals surface area (Å²) in [5, 5.41) is 0. The van der Waals surface area contributed by atoms with E-state index in [1.165, 1.54) is 24.8 Å². The van der Waals surface area contributed by atoms with Crippen LogP contribution in [0.2, 0.25) is 0 Å². The largest absolute Gasteiger partial charge is 0.493 e. The molecule has 4 aliphatic carbocycles. The molecule has 2 aromatic rings. The fraction of sp³-hybridized carbons (Fsp3) is 0.576. The summed E-state index contributed by atoms with van der Waals surface area (Å²) in [5.41, 5.74) is 1.56. The van der Waals surface area contributed by atoms with Crippen LogP contribution in [0.3, 0.4) is 0 Å². The number of esters is 1. The van der Waals surface area contributed by atoms with Gasteiger partial charge in [0.05, 0.1) is 19.6 Å². The van der Waals surface area contributed by atoms with Crippen LogP contribution in [0.5, 0.6) is 17.2 Å². The lowest BCUT2D eigenvalue weighted by atomic mass is 9.44. The van der Waals surface area contributed by atoms with Crippen molar-refractivity contribution in [3.8, 4) is 17.2 Å².